The molecule has 0 spiro atoms. The lowest BCUT2D eigenvalue weighted by Crippen LogP contribution is -2.29. The summed E-state index contributed by atoms with van der Waals surface area (Å²) in [6.07, 6.45) is 0.780. The van der Waals surface area contributed by atoms with Crippen molar-refractivity contribution in [3.8, 4) is 5.75 Å². The lowest BCUT2D eigenvalue weighted by atomic mass is 10.3. The minimum Gasteiger partial charge on any atom is -0.497 e. The van der Waals surface area contributed by atoms with Crippen molar-refractivity contribution in [1.82, 2.24) is 9.62 Å². The lowest BCUT2D eigenvalue weighted by molar-refractivity contribution is 0.414. The Hall–Kier alpha value is -1.11. The number of methoxy groups -OCH3 is 1. The van der Waals surface area contributed by atoms with Crippen molar-refractivity contribution >= 4 is 10.0 Å². The van der Waals surface area contributed by atoms with E-state index in [-0.39, 0.29) is 4.90 Å². The molecule has 0 heterocycles. The van der Waals surface area contributed by atoms with Gasteiger partial charge in [-0.25, -0.2) is 12.7 Å². The summed E-state index contributed by atoms with van der Waals surface area (Å²) >= 11 is 0. The van der Waals surface area contributed by atoms with Gasteiger partial charge in [-0.3, -0.25) is 0 Å². The number of sulfonamides is 1. The van der Waals surface area contributed by atoms with Gasteiger partial charge in [-0.05, 0) is 44.3 Å². The van der Waals surface area contributed by atoms with E-state index in [2.05, 4.69) is 5.32 Å². The maximum absolute atomic E-state index is 12.2. The van der Waals surface area contributed by atoms with Gasteiger partial charge in [-0.15, -0.1) is 0 Å². The topological polar surface area (TPSA) is 58.6 Å². The summed E-state index contributed by atoms with van der Waals surface area (Å²) in [5.41, 5.74) is 0. The first kappa shape index (κ1) is 14.9. The molecule has 0 aromatic heterocycles. The second-order valence-electron chi connectivity index (χ2n) is 3.96. The normalized spacial score (nSPS) is 11.8. The monoisotopic (exact) mass is 272 g/mol. The number of hydrogen-bond acceptors (Lipinski definition) is 4. The van der Waals surface area contributed by atoms with Crippen LogP contribution in [0, 0.1) is 0 Å². The molecule has 1 aromatic carbocycles. The van der Waals surface area contributed by atoms with Gasteiger partial charge in [-0.1, -0.05) is 0 Å². The zero-order valence-corrected chi connectivity index (χ0v) is 11.8. The Kier molecular flexibility index (Phi) is 5.58. The third kappa shape index (κ3) is 3.69. The molecule has 1 N–H and O–H groups in total. The van der Waals surface area contributed by atoms with Crippen molar-refractivity contribution in [1.29, 1.82) is 0 Å². The van der Waals surface area contributed by atoms with E-state index in [4.69, 9.17) is 4.74 Å². The Morgan fingerprint density at radius 1 is 1.28 bits per heavy atom. The Labute approximate surface area is 109 Å². The zero-order chi connectivity index (χ0) is 13.6. The highest BCUT2D eigenvalue weighted by Gasteiger charge is 2.19. The van der Waals surface area contributed by atoms with Crippen LogP contribution in [-0.2, 0) is 10.0 Å². The van der Waals surface area contributed by atoms with Gasteiger partial charge in [0.05, 0.1) is 12.0 Å². The Morgan fingerprint density at radius 2 is 1.89 bits per heavy atom. The number of benzene rings is 1. The summed E-state index contributed by atoms with van der Waals surface area (Å²) in [6.45, 7) is 1.29. The molecule has 0 atom stereocenters. The fourth-order valence-corrected chi connectivity index (χ4v) is 2.74. The van der Waals surface area contributed by atoms with Gasteiger partial charge in [-0.2, -0.15) is 0 Å². The summed E-state index contributed by atoms with van der Waals surface area (Å²) in [5, 5.41) is 2.99. The first-order valence-corrected chi connectivity index (χ1v) is 7.21. The van der Waals surface area contributed by atoms with E-state index in [9.17, 15) is 8.42 Å². The molecule has 0 amide bonds. The first-order chi connectivity index (χ1) is 8.52. The molecule has 0 saturated heterocycles. The van der Waals surface area contributed by atoms with E-state index in [0.29, 0.717) is 12.3 Å². The number of ether oxygens (including phenoxy) is 1. The molecule has 0 saturated carbocycles. The van der Waals surface area contributed by atoms with Gasteiger partial charge in [0.1, 0.15) is 5.75 Å². The largest absolute Gasteiger partial charge is 0.497 e. The molecule has 6 heteroatoms. The van der Waals surface area contributed by atoms with Gasteiger partial charge < -0.3 is 10.1 Å². The number of nitrogens with zero attached hydrogens (tertiary/aromatic N) is 1. The molecule has 102 valence electrons. The molecule has 5 nitrogen and oxygen atoms in total. The minimum atomic E-state index is -3.39. The van der Waals surface area contributed by atoms with Crippen molar-refractivity contribution in [3.63, 3.8) is 0 Å². The van der Waals surface area contributed by atoms with E-state index < -0.39 is 10.0 Å². The molecule has 18 heavy (non-hydrogen) atoms. The van der Waals surface area contributed by atoms with Crippen molar-refractivity contribution in [2.45, 2.75) is 11.3 Å². The zero-order valence-electron chi connectivity index (χ0n) is 11.0. The van der Waals surface area contributed by atoms with Crippen LogP contribution in [0.1, 0.15) is 6.42 Å². The molecular formula is C12H20N2O3S. The predicted octanol–water partition coefficient (Wildman–Crippen LogP) is 0.925. The summed E-state index contributed by atoms with van der Waals surface area (Å²) in [5.74, 6) is 0.645. The standard InChI is InChI=1S/C12H20N2O3S/c1-13-9-4-10-14(2)18(15,16)12-7-5-11(17-3)6-8-12/h5-8,13H,4,9-10H2,1-3H3. The SMILES string of the molecule is CNCCCN(C)S(=O)(=O)c1ccc(OC)cc1. The fourth-order valence-electron chi connectivity index (χ4n) is 1.53. The van der Waals surface area contributed by atoms with Crippen molar-refractivity contribution in [2.75, 3.05) is 34.3 Å². The van der Waals surface area contributed by atoms with Gasteiger partial charge in [0, 0.05) is 13.6 Å². The highest BCUT2D eigenvalue weighted by Crippen LogP contribution is 2.18. The maximum Gasteiger partial charge on any atom is 0.242 e. The molecule has 0 aliphatic rings. The molecule has 0 bridgehead atoms. The Bertz CT molecular complexity index is 457. The van der Waals surface area contributed by atoms with E-state index in [1.54, 1.807) is 38.4 Å². The molecule has 0 radical (unpaired) electrons. The van der Waals surface area contributed by atoms with Crippen LogP contribution >= 0.6 is 0 Å². The van der Waals surface area contributed by atoms with E-state index in [1.165, 1.54) is 4.31 Å². The molecule has 0 unspecified atom stereocenters. The summed E-state index contributed by atoms with van der Waals surface area (Å²) in [7, 11) is 1.59. The van der Waals surface area contributed by atoms with E-state index >= 15 is 0 Å². The second kappa shape index (κ2) is 6.72. The minimum absolute atomic E-state index is 0.287. The van der Waals surface area contributed by atoms with Crippen LogP contribution in [0.4, 0.5) is 0 Å². The van der Waals surface area contributed by atoms with Crippen molar-refractivity contribution in [2.24, 2.45) is 0 Å². The van der Waals surface area contributed by atoms with Gasteiger partial charge in [0.25, 0.3) is 0 Å². The molecule has 0 fully saturated rings. The maximum atomic E-state index is 12.2. The van der Waals surface area contributed by atoms with Crippen LogP contribution in [-0.4, -0.2) is 47.0 Å². The average Bonchev–Trinajstić information content (AvgIpc) is 2.39. The van der Waals surface area contributed by atoms with Gasteiger partial charge >= 0.3 is 0 Å². The molecule has 1 rings (SSSR count). The van der Waals surface area contributed by atoms with Crippen molar-refractivity contribution < 1.29 is 13.2 Å². The third-order valence-electron chi connectivity index (χ3n) is 2.67. The molecular weight excluding hydrogens is 252 g/mol. The van der Waals surface area contributed by atoms with Crippen LogP contribution in [0.5, 0.6) is 5.75 Å². The second-order valence-corrected chi connectivity index (χ2v) is 6.00. The summed E-state index contributed by atoms with van der Waals surface area (Å²) < 4.78 is 30.8. The molecule has 1 aromatic rings. The van der Waals surface area contributed by atoms with Crippen LogP contribution in [0.15, 0.2) is 29.2 Å². The average molecular weight is 272 g/mol. The molecule has 0 aliphatic carbocycles. The van der Waals surface area contributed by atoms with E-state index in [0.717, 1.165) is 13.0 Å². The smallest absolute Gasteiger partial charge is 0.242 e. The third-order valence-corrected chi connectivity index (χ3v) is 4.54. The lowest BCUT2D eigenvalue weighted by Gasteiger charge is -2.17. The van der Waals surface area contributed by atoms with Gasteiger partial charge in [0.15, 0.2) is 0 Å². The summed E-state index contributed by atoms with van der Waals surface area (Å²) in [6, 6.07) is 6.41. The van der Waals surface area contributed by atoms with E-state index in [1.807, 2.05) is 7.05 Å². The van der Waals surface area contributed by atoms with Crippen LogP contribution in [0.3, 0.4) is 0 Å². The number of hydrogen-bond donors (Lipinski definition) is 1. The highest BCUT2D eigenvalue weighted by molar-refractivity contribution is 7.89. The van der Waals surface area contributed by atoms with Crippen molar-refractivity contribution in [3.05, 3.63) is 24.3 Å². The number of nitrogens with one attached hydrogen (secondary N) is 1. The fraction of sp³-hybridized carbons (Fsp3) is 0.500. The Morgan fingerprint density at radius 3 is 2.39 bits per heavy atom. The van der Waals surface area contributed by atoms with Gasteiger partial charge in [0.2, 0.25) is 10.0 Å². The van der Waals surface area contributed by atoms with Crippen LogP contribution in [0.25, 0.3) is 0 Å². The first-order valence-electron chi connectivity index (χ1n) is 5.77. The Balaban J connectivity index is 2.77. The van der Waals surface area contributed by atoms with Crippen LogP contribution in [0.2, 0.25) is 0 Å². The highest BCUT2D eigenvalue weighted by atomic mass is 32.2. The van der Waals surface area contributed by atoms with Crippen LogP contribution < -0.4 is 10.1 Å². The predicted molar refractivity (Wildman–Crippen MR) is 71.4 cm³/mol. The summed E-state index contributed by atoms with van der Waals surface area (Å²) in [4.78, 5) is 0.287. The quantitative estimate of drug-likeness (QED) is 0.750. The molecule has 0 aliphatic heterocycles. The number of rotatable bonds is 7.